The second-order valence-electron chi connectivity index (χ2n) is 5.64. The van der Waals surface area contributed by atoms with E-state index in [0.29, 0.717) is 12.5 Å². The van der Waals surface area contributed by atoms with Gasteiger partial charge < -0.3 is 14.3 Å². The highest BCUT2D eigenvalue weighted by Crippen LogP contribution is 2.25. The van der Waals surface area contributed by atoms with Crippen molar-refractivity contribution >= 4 is 0 Å². The van der Waals surface area contributed by atoms with E-state index in [1.165, 1.54) is 0 Å². The normalized spacial score (nSPS) is 22.4. The minimum atomic E-state index is -0.220. The molecule has 2 atom stereocenters. The van der Waals surface area contributed by atoms with E-state index in [1.807, 2.05) is 37.3 Å². The number of aliphatic hydroxyl groups is 1. The van der Waals surface area contributed by atoms with Crippen LogP contribution in [-0.2, 0) is 11.3 Å². The van der Waals surface area contributed by atoms with Crippen molar-refractivity contribution in [1.29, 1.82) is 0 Å². The molecule has 21 heavy (non-hydrogen) atoms. The van der Waals surface area contributed by atoms with E-state index in [1.54, 1.807) is 0 Å². The Morgan fingerprint density at radius 2 is 2.10 bits per heavy atom. The number of hydrogen-bond acceptors (Lipinski definition) is 4. The van der Waals surface area contributed by atoms with Crippen LogP contribution in [0.25, 0.3) is 11.5 Å². The highest BCUT2D eigenvalue weighted by atomic mass is 16.5. The minimum Gasteiger partial charge on any atom is -0.441 e. The molecule has 1 N–H and O–H groups in total. The lowest BCUT2D eigenvalue weighted by molar-refractivity contribution is -0.0240. The average Bonchev–Trinajstić information content (AvgIpc) is 2.87. The number of hydrogen-bond donors (Lipinski definition) is 1. The van der Waals surface area contributed by atoms with Crippen LogP contribution in [0.1, 0.15) is 37.1 Å². The molecule has 2 unspecified atom stereocenters. The van der Waals surface area contributed by atoms with Gasteiger partial charge in [0, 0.05) is 5.56 Å². The predicted octanol–water partition coefficient (Wildman–Crippen LogP) is 3.47. The molecule has 0 radical (unpaired) electrons. The quantitative estimate of drug-likeness (QED) is 0.935. The lowest BCUT2D eigenvalue weighted by Crippen LogP contribution is -2.25. The van der Waals surface area contributed by atoms with Gasteiger partial charge in [-0.2, -0.15) is 0 Å². The van der Waals surface area contributed by atoms with Crippen molar-refractivity contribution in [3.05, 3.63) is 41.8 Å². The second kappa shape index (κ2) is 6.41. The summed E-state index contributed by atoms with van der Waals surface area (Å²) in [6.07, 6.45) is 3.56. The number of aryl methyl sites for hydroxylation is 1. The highest BCUT2D eigenvalue weighted by Gasteiger charge is 2.21. The molecular formula is C17H21NO3. The Bertz CT molecular complexity index is 579. The number of aliphatic hydroxyl groups excluding tert-OH is 1. The van der Waals surface area contributed by atoms with Crippen LogP contribution in [0, 0.1) is 6.92 Å². The van der Waals surface area contributed by atoms with E-state index in [0.717, 1.165) is 42.7 Å². The molecule has 0 spiro atoms. The van der Waals surface area contributed by atoms with Gasteiger partial charge in [0.25, 0.3) is 0 Å². The van der Waals surface area contributed by atoms with E-state index in [9.17, 15) is 5.11 Å². The van der Waals surface area contributed by atoms with Crippen LogP contribution in [0.5, 0.6) is 0 Å². The molecule has 0 bridgehead atoms. The molecule has 1 aliphatic carbocycles. The van der Waals surface area contributed by atoms with Gasteiger partial charge in [0.15, 0.2) is 0 Å². The average molecular weight is 287 g/mol. The summed E-state index contributed by atoms with van der Waals surface area (Å²) in [7, 11) is 0. The smallest absolute Gasteiger partial charge is 0.226 e. The summed E-state index contributed by atoms with van der Waals surface area (Å²) in [6, 6.07) is 9.86. The fourth-order valence-corrected chi connectivity index (χ4v) is 2.73. The van der Waals surface area contributed by atoms with Crippen LogP contribution in [-0.4, -0.2) is 22.3 Å². The van der Waals surface area contributed by atoms with Gasteiger partial charge in [-0.05, 0) is 44.7 Å². The van der Waals surface area contributed by atoms with Crippen LogP contribution in [0.2, 0.25) is 0 Å². The summed E-state index contributed by atoms with van der Waals surface area (Å²) in [5.74, 6) is 1.43. The molecule has 1 saturated carbocycles. The molecule has 1 aliphatic rings. The molecular weight excluding hydrogens is 266 g/mol. The fourth-order valence-electron chi connectivity index (χ4n) is 2.73. The zero-order valence-corrected chi connectivity index (χ0v) is 12.3. The highest BCUT2D eigenvalue weighted by molar-refractivity contribution is 5.53. The first kappa shape index (κ1) is 14.3. The lowest BCUT2D eigenvalue weighted by Gasteiger charge is -2.25. The maximum atomic E-state index is 9.67. The van der Waals surface area contributed by atoms with Crippen LogP contribution < -0.4 is 0 Å². The maximum Gasteiger partial charge on any atom is 0.226 e. The Balaban J connectivity index is 1.65. The van der Waals surface area contributed by atoms with Gasteiger partial charge in [-0.15, -0.1) is 0 Å². The molecule has 2 aromatic rings. The van der Waals surface area contributed by atoms with Crippen molar-refractivity contribution in [1.82, 2.24) is 4.98 Å². The summed E-state index contributed by atoms with van der Waals surface area (Å²) in [5, 5.41) is 9.67. The SMILES string of the molecule is Cc1oc(-c2ccccc2)nc1COC1CCCC(O)C1. The number of benzene rings is 1. The first-order valence-corrected chi connectivity index (χ1v) is 7.54. The standard InChI is InChI=1S/C17H21NO3/c1-12-16(11-20-15-9-5-8-14(19)10-15)18-17(21-12)13-6-3-2-4-7-13/h2-4,6-7,14-15,19H,5,8-11H2,1H3. The van der Waals surface area contributed by atoms with E-state index < -0.39 is 0 Å². The van der Waals surface area contributed by atoms with Crippen LogP contribution in [0.3, 0.4) is 0 Å². The summed E-state index contributed by atoms with van der Waals surface area (Å²) in [6.45, 7) is 2.35. The van der Waals surface area contributed by atoms with Crippen molar-refractivity contribution < 1.29 is 14.3 Å². The van der Waals surface area contributed by atoms with Gasteiger partial charge in [0.2, 0.25) is 5.89 Å². The van der Waals surface area contributed by atoms with Crippen LogP contribution in [0.15, 0.2) is 34.7 Å². The molecule has 4 heteroatoms. The third kappa shape index (κ3) is 3.52. The van der Waals surface area contributed by atoms with Crippen molar-refractivity contribution in [3.63, 3.8) is 0 Å². The molecule has 1 fully saturated rings. The number of ether oxygens (including phenoxy) is 1. The summed E-state index contributed by atoms with van der Waals surface area (Å²) in [4.78, 5) is 4.53. The zero-order chi connectivity index (χ0) is 14.7. The molecule has 3 rings (SSSR count). The Morgan fingerprint density at radius 1 is 1.29 bits per heavy atom. The summed E-state index contributed by atoms with van der Waals surface area (Å²) >= 11 is 0. The molecule has 1 heterocycles. The summed E-state index contributed by atoms with van der Waals surface area (Å²) < 4.78 is 11.6. The van der Waals surface area contributed by atoms with E-state index in [4.69, 9.17) is 9.15 Å². The Kier molecular flexibility index (Phi) is 4.36. The zero-order valence-electron chi connectivity index (χ0n) is 12.3. The maximum absolute atomic E-state index is 9.67. The second-order valence-corrected chi connectivity index (χ2v) is 5.64. The third-order valence-electron chi connectivity index (χ3n) is 3.97. The van der Waals surface area contributed by atoms with Crippen LogP contribution >= 0.6 is 0 Å². The van der Waals surface area contributed by atoms with Crippen molar-refractivity contribution in [2.45, 2.75) is 51.4 Å². The van der Waals surface area contributed by atoms with E-state index in [2.05, 4.69) is 4.98 Å². The molecule has 1 aromatic heterocycles. The van der Waals surface area contributed by atoms with Gasteiger partial charge in [0.05, 0.1) is 18.8 Å². The largest absolute Gasteiger partial charge is 0.441 e. The molecule has 0 amide bonds. The van der Waals surface area contributed by atoms with Crippen molar-refractivity contribution in [3.8, 4) is 11.5 Å². The lowest BCUT2D eigenvalue weighted by atomic mass is 9.95. The minimum absolute atomic E-state index is 0.130. The first-order chi connectivity index (χ1) is 10.2. The van der Waals surface area contributed by atoms with Gasteiger partial charge in [-0.1, -0.05) is 18.2 Å². The molecule has 1 aromatic carbocycles. The first-order valence-electron chi connectivity index (χ1n) is 7.54. The van der Waals surface area contributed by atoms with E-state index >= 15 is 0 Å². The Morgan fingerprint density at radius 3 is 2.86 bits per heavy atom. The fraction of sp³-hybridized carbons (Fsp3) is 0.471. The molecule has 112 valence electrons. The van der Waals surface area contributed by atoms with Gasteiger partial charge in [0.1, 0.15) is 11.5 Å². The van der Waals surface area contributed by atoms with Crippen molar-refractivity contribution in [2.75, 3.05) is 0 Å². The number of aromatic nitrogens is 1. The van der Waals surface area contributed by atoms with Gasteiger partial charge >= 0.3 is 0 Å². The van der Waals surface area contributed by atoms with E-state index in [-0.39, 0.29) is 12.2 Å². The number of rotatable bonds is 4. The molecule has 4 nitrogen and oxygen atoms in total. The number of nitrogens with zero attached hydrogens (tertiary/aromatic N) is 1. The van der Waals surface area contributed by atoms with Crippen LogP contribution in [0.4, 0.5) is 0 Å². The molecule has 0 saturated heterocycles. The van der Waals surface area contributed by atoms with Gasteiger partial charge in [-0.25, -0.2) is 4.98 Å². The monoisotopic (exact) mass is 287 g/mol. The molecule has 0 aliphatic heterocycles. The number of oxazole rings is 1. The topological polar surface area (TPSA) is 55.5 Å². The third-order valence-corrected chi connectivity index (χ3v) is 3.97. The Hall–Kier alpha value is -1.65. The Labute approximate surface area is 124 Å². The summed E-state index contributed by atoms with van der Waals surface area (Å²) in [5.41, 5.74) is 1.81. The predicted molar refractivity (Wildman–Crippen MR) is 79.7 cm³/mol. The van der Waals surface area contributed by atoms with Crippen molar-refractivity contribution in [2.24, 2.45) is 0 Å². The van der Waals surface area contributed by atoms with Gasteiger partial charge in [-0.3, -0.25) is 0 Å².